The van der Waals surface area contributed by atoms with Gasteiger partial charge in [-0.05, 0) is 24.6 Å². The molecule has 0 bridgehead atoms. The minimum absolute atomic E-state index is 0.198. The van der Waals surface area contributed by atoms with E-state index in [2.05, 4.69) is 5.16 Å². The molecular formula is C16H21N3O5. The van der Waals surface area contributed by atoms with Crippen molar-refractivity contribution in [2.24, 2.45) is 5.16 Å². The van der Waals surface area contributed by atoms with Gasteiger partial charge in [-0.2, -0.15) is 5.06 Å². The van der Waals surface area contributed by atoms with Gasteiger partial charge >= 0.3 is 11.9 Å². The van der Waals surface area contributed by atoms with Crippen molar-refractivity contribution in [2.75, 3.05) is 5.73 Å². The number of nitrogens with two attached hydrogens (primary N) is 1. The molecule has 0 radical (unpaired) electrons. The van der Waals surface area contributed by atoms with Crippen LogP contribution in [0, 0.1) is 0 Å². The van der Waals surface area contributed by atoms with Crippen LogP contribution < -0.4 is 5.73 Å². The van der Waals surface area contributed by atoms with E-state index in [1.54, 1.807) is 31.2 Å². The molecule has 1 rings (SSSR count). The predicted molar refractivity (Wildman–Crippen MR) is 87.5 cm³/mol. The fourth-order valence-electron chi connectivity index (χ4n) is 1.97. The van der Waals surface area contributed by atoms with Crippen molar-refractivity contribution >= 4 is 29.2 Å². The highest BCUT2D eigenvalue weighted by Crippen LogP contribution is 2.14. The Kier molecular flexibility index (Phi) is 6.91. The van der Waals surface area contributed by atoms with Crippen molar-refractivity contribution in [2.45, 2.75) is 40.2 Å². The Hall–Kier alpha value is -2.90. The van der Waals surface area contributed by atoms with E-state index >= 15 is 0 Å². The lowest BCUT2D eigenvalue weighted by atomic mass is 10.0. The molecule has 0 aliphatic carbocycles. The summed E-state index contributed by atoms with van der Waals surface area (Å²) in [4.78, 5) is 43.5. The number of hydrogen-bond donors (Lipinski definition) is 1. The van der Waals surface area contributed by atoms with Crippen LogP contribution in [-0.4, -0.2) is 34.7 Å². The maximum atomic E-state index is 11.7. The minimum Gasteiger partial charge on any atom is -0.399 e. The lowest BCUT2D eigenvalue weighted by Crippen LogP contribution is -2.39. The van der Waals surface area contributed by atoms with Gasteiger partial charge in [0.1, 0.15) is 0 Å². The summed E-state index contributed by atoms with van der Waals surface area (Å²) in [5.74, 6) is -1.61. The highest BCUT2D eigenvalue weighted by Gasteiger charge is 2.23. The second kappa shape index (κ2) is 8.66. The number of nitrogen functional groups attached to an aromatic ring is 1. The molecule has 24 heavy (non-hydrogen) atoms. The molecule has 0 aromatic heterocycles. The Labute approximate surface area is 140 Å². The predicted octanol–water partition coefficient (Wildman–Crippen LogP) is 1.64. The fourth-order valence-corrected chi connectivity index (χ4v) is 1.97. The second-order valence-electron chi connectivity index (χ2n) is 5.22. The molecule has 1 amide bonds. The van der Waals surface area contributed by atoms with Gasteiger partial charge in [0, 0.05) is 32.9 Å². The van der Waals surface area contributed by atoms with Gasteiger partial charge in [-0.25, -0.2) is 4.79 Å². The molecule has 0 saturated carbocycles. The van der Waals surface area contributed by atoms with Gasteiger partial charge in [0.15, 0.2) is 0 Å². The first kappa shape index (κ1) is 19.1. The number of anilines is 1. The van der Waals surface area contributed by atoms with Gasteiger partial charge in [-0.1, -0.05) is 17.3 Å². The third-order valence-corrected chi connectivity index (χ3v) is 2.95. The zero-order valence-electron chi connectivity index (χ0n) is 14.1. The van der Waals surface area contributed by atoms with Crippen molar-refractivity contribution in [3.8, 4) is 0 Å². The highest BCUT2D eigenvalue weighted by molar-refractivity contribution is 6.01. The van der Waals surface area contributed by atoms with Gasteiger partial charge in [0.2, 0.25) is 0 Å². The first-order valence-corrected chi connectivity index (χ1v) is 7.29. The molecule has 2 N–H and O–H groups in total. The van der Waals surface area contributed by atoms with Crippen LogP contribution in [0.15, 0.2) is 29.4 Å². The Morgan fingerprint density at radius 3 is 2.17 bits per heavy atom. The number of hydroxylamine groups is 2. The molecule has 0 aliphatic rings. The summed E-state index contributed by atoms with van der Waals surface area (Å²) in [5, 5.41) is 4.79. The first-order chi connectivity index (χ1) is 11.2. The van der Waals surface area contributed by atoms with Crippen molar-refractivity contribution < 1.29 is 24.1 Å². The average molecular weight is 335 g/mol. The van der Waals surface area contributed by atoms with E-state index in [4.69, 9.17) is 15.4 Å². The van der Waals surface area contributed by atoms with Crippen LogP contribution in [0.25, 0.3) is 0 Å². The molecule has 0 aliphatic heterocycles. The van der Waals surface area contributed by atoms with Crippen LogP contribution in [0.5, 0.6) is 0 Å². The molecule has 1 unspecified atom stereocenters. The smallest absolute Gasteiger partial charge is 0.331 e. The maximum absolute atomic E-state index is 11.7. The number of oxime groups is 1. The van der Waals surface area contributed by atoms with Gasteiger partial charge < -0.3 is 15.4 Å². The summed E-state index contributed by atoms with van der Waals surface area (Å²) in [6.45, 7) is 5.40. The van der Waals surface area contributed by atoms with E-state index in [1.807, 2.05) is 0 Å². The highest BCUT2D eigenvalue weighted by atomic mass is 16.7. The lowest BCUT2D eigenvalue weighted by Gasteiger charge is -2.25. The summed E-state index contributed by atoms with van der Waals surface area (Å²) in [6.07, 6.45) is 0.198. The molecule has 1 aromatic carbocycles. The standard InChI is InChI=1S/C16H21N3O5/c1-10(19(11(2)20)24-13(4)22)9-16(18-23-12(3)21)14-5-7-15(17)8-6-14/h5-8,10H,9,17H2,1-4H3. The van der Waals surface area contributed by atoms with E-state index in [0.29, 0.717) is 17.0 Å². The molecule has 8 heteroatoms. The van der Waals surface area contributed by atoms with Crippen molar-refractivity contribution in [3.63, 3.8) is 0 Å². The lowest BCUT2D eigenvalue weighted by molar-refractivity contribution is -0.202. The quantitative estimate of drug-likeness (QED) is 0.379. The Morgan fingerprint density at radius 2 is 1.71 bits per heavy atom. The molecule has 1 atom stereocenters. The van der Waals surface area contributed by atoms with Gasteiger partial charge in [-0.15, -0.1) is 0 Å². The topological polar surface area (TPSA) is 111 Å². The van der Waals surface area contributed by atoms with E-state index in [-0.39, 0.29) is 6.42 Å². The van der Waals surface area contributed by atoms with Crippen LogP contribution in [0.1, 0.15) is 39.7 Å². The van der Waals surface area contributed by atoms with Crippen LogP contribution in [0.2, 0.25) is 0 Å². The molecule has 0 saturated heterocycles. The zero-order valence-corrected chi connectivity index (χ0v) is 14.1. The van der Waals surface area contributed by atoms with E-state index in [0.717, 1.165) is 5.06 Å². The van der Waals surface area contributed by atoms with E-state index in [1.165, 1.54) is 20.8 Å². The Morgan fingerprint density at radius 1 is 1.12 bits per heavy atom. The van der Waals surface area contributed by atoms with Crippen molar-refractivity contribution in [3.05, 3.63) is 29.8 Å². The summed E-state index contributed by atoms with van der Waals surface area (Å²) >= 11 is 0. The number of hydrogen-bond acceptors (Lipinski definition) is 7. The third-order valence-electron chi connectivity index (χ3n) is 2.95. The largest absolute Gasteiger partial charge is 0.399 e. The van der Waals surface area contributed by atoms with Crippen LogP contribution in [-0.2, 0) is 24.1 Å². The molecule has 0 fully saturated rings. The third kappa shape index (κ3) is 6.07. The summed E-state index contributed by atoms with van der Waals surface area (Å²) < 4.78 is 0. The summed E-state index contributed by atoms with van der Waals surface area (Å²) in [7, 11) is 0. The molecule has 0 spiro atoms. The average Bonchev–Trinajstić information content (AvgIpc) is 2.49. The Bertz CT molecular complexity index is 640. The number of benzene rings is 1. The van der Waals surface area contributed by atoms with Gasteiger partial charge in [-0.3, -0.25) is 9.59 Å². The number of nitrogens with zero attached hydrogens (tertiary/aromatic N) is 2. The Balaban J connectivity index is 3.04. The molecular weight excluding hydrogens is 314 g/mol. The van der Waals surface area contributed by atoms with Crippen LogP contribution in [0.3, 0.4) is 0 Å². The molecule has 0 heterocycles. The van der Waals surface area contributed by atoms with Crippen molar-refractivity contribution in [1.29, 1.82) is 0 Å². The SMILES string of the molecule is CC(=O)ON=C(CC(C)N(OC(C)=O)C(C)=O)c1ccc(N)cc1. The van der Waals surface area contributed by atoms with Crippen molar-refractivity contribution in [1.82, 2.24) is 5.06 Å². The molecule has 8 nitrogen and oxygen atoms in total. The monoisotopic (exact) mass is 335 g/mol. The number of rotatable bonds is 5. The van der Waals surface area contributed by atoms with Gasteiger partial charge in [0.25, 0.3) is 5.91 Å². The normalized spacial score (nSPS) is 12.2. The molecule has 130 valence electrons. The molecule has 1 aromatic rings. The van der Waals surface area contributed by atoms with Crippen LogP contribution >= 0.6 is 0 Å². The van der Waals surface area contributed by atoms with Gasteiger partial charge in [0.05, 0.1) is 11.8 Å². The second-order valence-corrected chi connectivity index (χ2v) is 5.22. The van der Waals surface area contributed by atoms with Crippen LogP contribution in [0.4, 0.5) is 5.69 Å². The first-order valence-electron chi connectivity index (χ1n) is 7.29. The maximum Gasteiger partial charge on any atom is 0.331 e. The summed E-state index contributed by atoms with van der Waals surface area (Å²) in [6, 6.07) is 6.28. The summed E-state index contributed by atoms with van der Waals surface area (Å²) in [5.41, 5.74) is 7.31. The van der Waals surface area contributed by atoms with E-state index < -0.39 is 23.9 Å². The van der Waals surface area contributed by atoms with E-state index in [9.17, 15) is 14.4 Å². The number of carbonyl (C=O) groups excluding carboxylic acids is 3. The number of carbonyl (C=O) groups is 3. The minimum atomic E-state index is -0.608. The zero-order chi connectivity index (χ0) is 18.3. The number of amides is 1. The fraction of sp³-hybridized carbons (Fsp3) is 0.375.